The number of carbonyl (C=O) groups is 2. The summed E-state index contributed by atoms with van der Waals surface area (Å²) in [5.74, 6) is 5.09. The molecule has 0 bridgehead atoms. The molecule has 202 valence electrons. The van der Waals surface area contributed by atoms with Crippen LogP contribution in [0.2, 0.25) is 0 Å². The summed E-state index contributed by atoms with van der Waals surface area (Å²) in [4.78, 5) is 36.0. The summed E-state index contributed by atoms with van der Waals surface area (Å²) in [6.07, 6.45) is -2.76. The molecule has 3 aromatic rings. The number of carbonyl (C=O) groups excluding carboxylic acids is 2. The zero-order valence-electron chi connectivity index (χ0n) is 21.5. The number of benzene rings is 2. The van der Waals surface area contributed by atoms with Gasteiger partial charge in [-0.05, 0) is 55.3 Å². The van der Waals surface area contributed by atoms with Crippen LogP contribution in [-0.2, 0) is 12.7 Å². The van der Waals surface area contributed by atoms with Crippen LogP contribution < -0.4 is 11.1 Å². The molecule has 0 saturated carbocycles. The number of nitrogens with one attached hydrogen (secondary N) is 1. The monoisotopic (exact) mass is 536 g/mol. The predicted molar refractivity (Wildman–Crippen MR) is 141 cm³/mol. The number of hydrogen-bond acceptors (Lipinski definition) is 7. The molecule has 8 nitrogen and oxygen atoms in total. The number of amides is 1. The van der Waals surface area contributed by atoms with E-state index in [1.165, 1.54) is 24.4 Å². The molecular formula is C28H27F3N6O2. The highest BCUT2D eigenvalue weighted by molar-refractivity contribution is 6.04. The molecule has 39 heavy (non-hydrogen) atoms. The van der Waals surface area contributed by atoms with Crippen molar-refractivity contribution >= 4 is 23.7 Å². The highest BCUT2D eigenvalue weighted by atomic mass is 19.4. The highest BCUT2D eigenvalue weighted by Crippen LogP contribution is 2.34. The van der Waals surface area contributed by atoms with Crippen molar-refractivity contribution < 1.29 is 22.8 Å². The molecule has 0 spiro atoms. The van der Waals surface area contributed by atoms with E-state index in [0.717, 1.165) is 24.7 Å². The van der Waals surface area contributed by atoms with Crippen LogP contribution in [0.4, 0.5) is 24.7 Å². The number of alkyl halides is 3. The smallest absolute Gasteiger partial charge is 0.382 e. The van der Waals surface area contributed by atoms with Crippen molar-refractivity contribution in [2.24, 2.45) is 0 Å². The van der Waals surface area contributed by atoms with Gasteiger partial charge < -0.3 is 16.0 Å². The van der Waals surface area contributed by atoms with Gasteiger partial charge in [-0.15, -0.1) is 0 Å². The summed E-state index contributed by atoms with van der Waals surface area (Å²) < 4.78 is 41.7. The molecule has 4 rings (SSSR count). The Kier molecular flexibility index (Phi) is 8.28. The SMILES string of the molecule is Cc1ccc(C(=O)Nc2ccc(CN3CCN(C)CC3)c(C(F)(F)F)c2)cc1C#Cc1cnc(N)c(C=O)n1. The van der Waals surface area contributed by atoms with Gasteiger partial charge in [0, 0.05) is 49.5 Å². The normalized spacial score (nSPS) is 14.4. The molecule has 0 radical (unpaired) electrons. The summed E-state index contributed by atoms with van der Waals surface area (Å²) >= 11 is 0. The number of rotatable bonds is 5. The lowest BCUT2D eigenvalue weighted by molar-refractivity contribution is -0.138. The number of nitrogens with two attached hydrogens (primary N) is 1. The number of likely N-dealkylation sites (N-methyl/N-ethyl adjacent to an activating group) is 1. The van der Waals surface area contributed by atoms with Crippen molar-refractivity contribution in [1.29, 1.82) is 0 Å². The van der Waals surface area contributed by atoms with E-state index in [9.17, 15) is 22.8 Å². The van der Waals surface area contributed by atoms with Gasteiger partial charge in [-0.1, -0.05) is 18.1 Å². The number of piperazine rings is 1. The Morgan fingerprint density at radius 1 is 1.13 bits per heavy atom. The van der Waals surface area contributed by atoms with E-state index < -0.39 is 17.6 Å². The highest BCUT2D eigenvalue weighted by Gasteiger charge is 2.34. The first-order chi connectivity index (χ1) is 18.5. The fraction of sp³-hybridized carbons (Fsp3) is 0.286. The number of anilines is 2. The first-order valence-corrected chi connectivity index (χ1v) is 12.2. The fourth-order valence-corrected chi connectivity index (χ4v) is 4.10. The van der Waals surface area contributed by atoms with Crippen molar-refractivity contribution in [3.05, 3.63) is 81.8 Å². The second kappa shape index (κ2) is 11.6. The molecule has 1 aliphatic rings. The van der Waals surface area contributed by atoms with Crippen LogP contribution in [-0.4, -0.2) is 65.2 Å². The van der Waals surface area contributed by atoms with E-state index in [1.807, 2.05) is 11.9 Å². The Morgan fingerprint density at radius 3 is 2.56 bits per heavy atom. The molecule has 2 heterocycles. The fourth-order valence-electron chi connectivity index (χ4n) is 4.10. The van der Waals surface area contributed by atoms with Gasteiger partial charge in [0.15, 0.2) is 12.1 Å². The number of aldehydes is 1. The van der Waals surface area contributed by atoms with E-state index in [4.69, 9.17) is 5.73 Å². The summed E-state index contributed by atoms with van der Waals surface area (Å²) in [5.41, 5.74) is 6.70. The molecule has 0 unspecified atom stereocenters. The maximum Gasteiger partial charge on any atom is 0.416 e. The van der Waals surface area contributed by atoms with Crippen LogP contribution in [0.15, 0.2) is 42.6 Å². The number of aromatic nitrogens is 2. The van der Waals surface area contributed by atoms with Crippen molar-refractivity contribution in [1.82, 2.24) is 19.8 Å². The summed E-state index contributed by atoms with van der Waals surface area (Å²) in [6, 6.07) is 8.67. The van der Waals surface area contributed by atoms with Crippen LogP contribution in [0.5, 0.6) is 0 Å². The van der Waals surface area contributed by atoms with E-state index in [0.29, 0.717) is 24.9 Å². The Bertz CT molecular complexity index is 1450. The number of halogens is 3. The molecule has 1 fully saturated rings. The summed E-state index contributed by atoms with van der Waals surface area (Å²) in [6.45, 7) is 4.95. The largest absolute Gasteiger partial charge is 0.416 e. The maximum atomic E-state index is 13.9. The van der Waals surface area contributed by atoms with Crippen LogP contribution in [0, 0.1) is 18.8 Å². The Labute approximate surface area is 224 Å². The van der Waals surface area contributed by atoms with Crippen molar-refractivity contribution in [3.8, 4) is 11.8 Å². The van der Waals surface area contributed by atoms with Gasteiger partial charge in [0.05, 0.1) is 11.8 Å². The van der Waals surface area contributed by atoms with Crippen molar-refractivity contribution in [2.45, 2.75) is 19.6 Å². The van der Waals surface area contributed by atoms with Gasteiger partial charge in [0.1, 0.15) is 11.4 Å². The second-order valence-electron chi connectivity index (χ2n) is 9.33. The molecule has 11 heteroatoms. The molecule has 0 aliphatic carbocycles. The second-order valence-corrected chi connectivity index (χ2v) is 9.33. The van der Waals surface area contributed by atoms with Gasteiger partial charge in [-0.3, -0.25) is 14.5 Å². The average Bonchev–Trinajstić information content (AvgIpc) is 2.90. The van der Waals surface area contributed by atoms with Gasteiger partial charge in [-0.2, -0.15) is 13.2 Å². The van der Waals surface area contributed by atoms with Crippen LogP contribution in [0.3, 0.4) is 0 Å². The number of aryl methyl sites for hydroxylation is 1. The van der Waals surface area contributed by atoms with E-state index in [-0.39, 0.29) is 40.6 Å². The minimum Gasteiger partial charge on any atom is -0.382 e. The topological polar surface area (TPSA) is 104 Å². The Balaban J connectivity index is 1.53. The molecule has 2 aromatic carbocycles. The van der Waals surface area contributed by atoms with E-state index in [1.54, 1.807) is 19.1 Å². The minimum absolute atomic E-state index is 0.00793. The first kappa shape index (κ1) is 27.8. The molecule has 1 amide bonds. The molecule has 1 saturated heterocycles. The molecule has 1 aromatic heterocycles. The zero-order chi connectivity index (χ0) is 28.2. The Morgan fingerprint density at radius 2 is 1.87 bits per heavy atom. The van der Waals surface area contributed by atoms with E-state index in [2.05, 4.69) is 32.0 Å². The minimum atomic E-state index is -4.57. The third-order valence-electron chi connectivity index (χ3n) is 6.43. The molecule has 0 atom stereocenters. The first-order valence-electron chi connectivity index (χ1n) is 12.2. The zero-order valence-corrected chi connectivity index (χ0v) is 21.5. The lowest BCUT2D eigenvalue weighted by Gasteiger charge is -2.33. The number of nitrogen functional groups attached to an aromatic ring is 1. The van der Waals surface area contributed by atoms with Crippen LogP contribution in [0.1, 0.15) is 48.8 Å². The third kappa shape index (κ3) is 6.98. The van der Waals surface area contributed by atoms with Crippen molar-refractivity contribution in [3.63, 3.8) is 0 Å². The predicted octanol–water partition coefficient (Wildman–Crippen LogP) is 3.60. The van der Waals surface area contributed by atoms with Gasteiger partial charge in [0.2, 0.25) is 0 Å². The Hall–Kier alpha value is -4.27. The third-order valence-corrected chi connectivity index (χ3v) is 6.43. The van der Waals surface area contributed by atoms with E-state index >= 15 is 0 Å². The average molecular weight is 537 g/mol. The van der Waals surface area contributed by atoms with Gasteiger partial charge in [0.25, 0.3) is 5.91 Å². The lowest BCUT2D eigenvalue weighted by Crippen LogP contribution is -2.44. The number of hydrogen-bond donors (Lipinski definition) is 2. The number of nitrogens with zero attached hydrogens (tertiary/aromatic N) is 4. The molecular weight excluding hydrogens is 509 g/mol. The standard InChI is InChI=1S/C28H27F3N6O2/c1-18-3-4-20(13-19(18)5-8-23-15-33-26(32)25(17-38)34-23)27(39)35-22-7-6-21(24(14-22)28(29,30)31)16-37-11-9-36(2)10-12-37/h3-4,6-7,13-15,17H,9-12,16H2,1-2H3,(H2,32,33)(H,35,39). The van der Waals surface area contributed by atoms with Gasteiger partial charge in [-0.25, -0.2) is 9.97 Å². The lowest BCUT2D eigenvalue weighted by atomic mass is 10.0. The molecule has 3 N–H and O–H groups in total. The van der Waals surface area contributed by atoms with Gasteiger partial charge >= 0.3 is 6.18 Å². The maximum absolute atomic E-state index is 13.9. The summed E-state index contributed by atoms with van der Waals surface area (Å²) in [7, 11) is 1.98. The van der Waals surface area contributed by atoms with Crippen LogP contribution >= 0.6 is 0 Å². The molecule has 1 aliphatic heterocycles. The van der Waals surface area contributed by atoms with Crippen LogP contribution in [0.25, 0.3) is 0 Å². The summed E-state index contributed by atoms with van der Waals surface area (Å²) in [5, 5.41) is 2.57. The van der Waals surface area contributed by atoms with Crippen molar-refractivity contribution in [2.75, 3.05) is 44.3 Å². The quantitative estimate of drug-likeness (QED) is 0.379.